The first-order chi connectivity index (χ1) is 10.6. The van der Waals surface area contributed by atoms with Crippen LogP contribution < -0.4 is 10.1 Å². The molecule has 5 nitrogen and oxygen atoms in total. The molecule has 0 fully saturated rings. The zero-order chi connectivity index (χ0) is 15.7. The van der Waals surface area contributed by atoms with E-state index in [1.54, 1.807) is 25.3 Å². The molecule has 1 atom stereocenters. The van der Waals surface area contributed by atoms with E-state index >= 15 is 0 Å². The second-order valence-electron chi connectivity index (χ2n) is 5.43. The Morgan fingerprint density at radius 1 is 1.50 bits per heavy atom. The summed E-state index contributed by atoms with van der Waals surface area (Å²) in [5.74, 6) is 0.338. The fraction of sp³-hybridized carbons (Fsp3) is 0.375. The number of ether oxygens (including phenoxy) is 1. The molecule has 0 radical (unpaired) electrons. The Morgan fingerprint density at radius 2 is 2.32 bits per heavy atom. The number of hydrogen-bond donors (Lipinski definition) is 1. The highest BCUT2D eigenvalue weighted by molar-refractivity contribution is 6.31. The summed E-state index contributed by atoms with van der Waals surface area (Å²) in [6.07, 6.45) is 4.78. The molecule has 2 aromatic rings. The maximum absolute atomic E-state index is 12.6. The number of aromatic nitrogens is 2. The molecular formula is C16H18ClN3O2. The van der Waals surface area contributed by atoms with E-state index in [4.69, 9.17) is 16.3 Å². The number of carbonyl (C=O) groups excluding carboxylic acids is 1. The fourth-order valence-electron chi connectivity index (χ4n) is 2.95. The number of methoxy groups -OCH3 is 1. The van der Waals surface area contributed by atoms with Crippen LogP contribution in [-0.2, 0) is 13.5 Å². The van der Waals surface area contributed by atoms with Crippen molar-refractivity contribution < 1.29 is 9.53 Å². The zero-order valence-corrected chi connectivity index (χ0v) is 13.4. The summed E-state index contributed by atoms with van der Waals surface area (Å²) in [6, 6.07) is 5.02. The Bertz CT molecular complexity index is 711. The van der Waals surface area contributed by atoms with E-state index in [9.17, 15) is 4.79 Å². The number of amides is 1. The van der Waals surface area contributed by atoms with Gasteiger partial charge in [-0.15, -0.1) is 0 Å². The van der Waals surface area contributed by atoms with Crippen LogP contribution in [0.25, 0.3) is 0 Å². The lowest BCUT2D eigenvalue weighted by Crippen LogP contribution is -2.31. The molecule has 0 unspecified atom stereocenters. The quantitative estimate of drug-likeness (QED) is 0.946. The number of halogens is 1. The lowest BCUT2D eigenvalue weighted by molar-refractivity contribution is 0.0929. The molecule has 22 heavy (non-hydrogen) atoms. The largest absolute Gasteiger partial charge is 0.496 e. The molecule has 0 saturated carbocycles. The van der Waals surface area contributed by atoms with Crippen LogP contribution in [0.3, 0.4) is 0 Å². The van der Waals surface area contributed by atoms with Gasteiger partial charge in [-0.05, 0) is 37.5 Å². The van der Waals surface area contributed by atoms with Gasteiger partial charge in [0, 0.05) is 23.3 Å². The minimum absolute atomic E-state index is 0.0198. The van der Waals surface area contributed by atoms with Gasteiger partial charge in [-0.3, -0.25) is 9.48 Å². The Labute approximate surface area is 134 Å². The molecule has 1 amide bonds. The number of fused-ring (bicyclic) bond motifs is 1. The third-order valence-corrected chi connectivity index (χ3v) is 4.32. The van der Waals surface area contributed by atoms with Gasteiger partial charge < -0.3 is 10.1 Å². The van der Waals surface area contributed by atoms with Crippen LogP contribution >= 0.6 is 11.6 Å². The number of hydrogen-bond acceptors (Lipinski definition) is 3. The van der Waals surface area contributed by atoms with Crippen molar-refractivity contribution in [1.82, 2.24) is 15.1 Å². The smallest absolute Gasteiger partial charge is 0.255 e. The van der Waals surface area contributed by atoms with Crippen LogP contribution in [0.4, 0.5) is 0 Å². The van der Waals surface area contributed by atoms with E-state index in [0.717, 1.165) is 24.8 Å². The highest BCUT2D eigenvalue weighted by atomic mass is 35.5. The van der Waals surface area contributed by atoms with Gasteiger partial charge in [-0.25, -0.2) is 0 Å². The molecule has 1 aromatic heterocycles. The molecule has 1 aliphatic carbocycles. The number of benzene rings is 1. The number of nitrogens with zero attached hydrogens (tertiary/aromatic N) is 2. The predicted octanol–water partition coefficient (Wildman–Crippen LogP) is 2.89. The molecule has 0 aliphatic heterocycles. The molecule has 0 bridgehead atoms. The van der Waals surface area contributed by atoms with Gasteiger partial charge in [0.25, 0.3) is 5.91 Å². The Kier molecular flexibility index (Phi) is 4.07. The molecule has 6 heteroatoms. The van der Waals surface area contributed by atoms with Crippen LogP contribution in [0.1, 0.15) is 40.5 Å². The van der Waals surface area contributed by atoms with Gasteiger partial charge in [0.2, 0.25) is 0 Å². The summed E-state index contributed by atoms with van der Waals surface area (Å²) in [7, 11) is 3.48. The van der Waals surface area contributed by atoms with Crippen molar-refractivity contribution in [2.45, 2.75) is 25.3 Å². The van der Waals surface area contributed by atoms with E-state index in [0.29, 0.717) is 16.3 Å². The topological polar surface area (TPSA) is 56.1 Å². The standard InChI is InChI=1S/C16H18ClN3O2/c1-20-14-5-3-4-13(12(14)9-18-20)19-16(21)11-8-10(17)6-7-15(11)22-2/h6-9,13H,3-5H2,1-2H3,(H,19,21)/t13-/m0/s1. The second kappa shape index (κ2) is 6.01. The van der Waals surface area contributed by atoms with Crippen molar-refractivity contribution in [3.63, 3.8) is 0 Å². The maximum atomic E-state index is 12.6. The third kappa shape index (κ3) is 2.68. The number of rotatable bonds is 3. The molecule has 1 N–H and O–H groups in total. The van der Waals surface area contributed by atoms with E-state index in [1.165, 1.54) is 5.69 Å². The average Bonchev–Trinajstić information content (AvgIpc) is 2.90. The van der Waals surface area contributed by atoms with Crippen molar-refractivity contribution in [2.75, 3.05) is 7.11 Å². The first kappa shape index (κ1) is 14.9. The van der Waals surface area contributed by atoms with Crippen LogP contribution in [-0.4, -0.2) is 22.8 Å². The van der Waals surface area contributed by atoms with Crippen molar-refractivity contribution >= 4 is 17.5 Å². The Hall–Kier alpha value is -2.01. The Morgan fingerprint density at radius 3 is 3.09 bits per heavy atom. The van der Waals surface area contributed by atoms with Gasteiger partial charge in [-0.1, -0.05) is 11.6 Å². The molecular weight excluding hydrogens is 302 g/mol. The summed E-state index contributed by atoms with van der Waals surface area (Å²) >= 11 is 6.00. The van der Waals surface area contributed by atoms with E-state index in [2.05, 4.69) is 10.4 Å². The van der Waals surface area contributed by atoms with Gasteiger partial charge in [0.1, 0.15) is 5.75 Å². The van der Waals surface area contributed by atoms with Crippen molar-refractivity contribution in [1.29, 1.82) is 0 Å². The summed E-state index contributed by atoms with van der Waals surface area (Å²) in [4.78, 5) is 12.6. The lowest BCUT2D eigenvalue weighted by Gasteiger charge is -2.24. The lowest BCUT2D eigenvalue weighted by atomic mass is 9.92. The monoisotopic (exact) mass is 319 g/mol. The molecule has 1 heterocycles. The van der Waals surface area contributed by atoms with Gasteiger partial charge in [0.15, 0.2) is 0 Å². The van der Waals surface area contributed by atoms with Crippen LogP contribution in [0, 0.1) is 0 Å². The zero-order valence-electron chi connectivity index (χ0n) is 12.6. The summed E-state index contributed by atoms with van der Waals surface area (Å²) in [5, 5.41) is 7.88. The van der Waals surface area contributed by atoms with Crippen LogP contribution in [0.2, 0.25) is 5.02 Å². The van der Waals surface area contributed by atoms with Gasteiger partial charge in [-0.2, -0.15) is 5.10 Å². The summed E-state index contributed by atoms with van der Waals surface area (Å²) in [5.41, 5.74) is 2.74. The summed E-state index contributed by atoms with van der Waals surface area (Å²) < 4.78 is 7.13. The van der Waals surface area contributed by atoms with E-state index in [-0.39, 0.29) is 11.9 Å². The second-order valence-corrected chi connectivity index (χ2v) is 5.87. The minimum Gasteiger partial charge on any atom is -0.496 e. The third-order valence-electron chi connectivity index (χ3n) is 4.09. The molecule has 3 rings (SSSR count). The normalized spacial score (nSPS) is 17.0. The fourth-order valence-corrected chi connectivity index (χ4v) is 3.12. The molecule has 0 saturated heterocycles. The number of aryl methyl sites for hydroxylation is 1. The van der Waals surface area contributed by atoms with E-state index < -0.39 is 0 Å². The minimum atomic E-state index is -0.180. The van der Waals surface area contributed by atoms with Crippen LogP contribution in [0.5, 0.6) is 5.75 Å². The molecule has 1 aliphatic rings. The highest BCUT2D eigenvalue weighted by Gasteiger charge is 2.26. The van der Waals surface area contributed by atoms with E-state index in [1.807, 2.05) is 17.9 Å². The maximum Gasteiger partial charge on any atom is 0.255 e. The molecule has 116 valence electrons. The van der Waals surface area contributed by atoms with Gasteiger partial charge >= 0.3 is 0 Å². The first-order valence-corrected chi connectivity index (χ1v) is 7.63. The number of carbonyl (C=O) groups is 1. The SMILES string of the molecule is COc1ccc(Cl)cc1C(=O)N[C@H]1CCCc2c1cnn2C. The van der Waals surface area contributed by atoms with Gasteiger partial charge in [0.05, 0.1) is 24.9 Å². The molecule has 1 aromatic carbocycles. The van der Waals surface area contributed by atoms with Crippen LogP contribution in [0.15, 0.2) is 24.4 Å². The average molecular weight is 320 g/mol. The molecule has 0 spiro atoms. The highest BCUT2D eigenvalue weighted by Crippen LogP contribution is 2.30. The Balaban J connectivity index is 1.85. The van der Waals surface area contributed by atoms with Crippen molar-refractivity contribution in [3.05, 3.63) is 46.2 Å². The predicted molar refractivity (Wildman–Crippen MR) is 84.4 cm³/mol. The van der Waals surface area contributed by atoms with Crippen molar-refractivity contribution in [2.24, 2.45) is 7.05 Å². The first-order valence-electron chi connectivity index (χ1n) is 7.25. The summed E-state index contributed by atoms with van der Waals surface area (Å²) in [6.45, 7) is 0. The number of nitrogens with one attached hydrogen (secondary N) is 1. The van der Waals surface area contributed by atoms with Crippen molar-refractivity contribution in [3.8, 4) is 5.75 Å².